The molecule has 0 aliphatic carbocycles. The van der Waals surface area contributed by atoms with Crippen LogP contribution in [0.4, 0.5) is 0 Å². The van der Waals surface area contributed by atoms with Crippen LogP contribution >= 0.6 is 23.2 Å². The predicted octanol–water partition coefficient (Wildman–Crippen LogP) is 5.05. The summed E-state index contributed by atoms with van der Waals surface area (Å²) in [5.74, 6) is 0.564. The molecule has 0 saturated carbocycles. The smallest absolute Gasteiger partial charge is 0.169 e. The SMILES string of the molecule is COc1cc(C(=O)Cc2nnn3c2CCC3c2ccc(Cl)c(Cl)c2)ccc1-n1cnc(C)c1. The van der Waals surface area contributed by atoms with E-state index in [0.717, 1.165) is 35.5 Å². The second kappa shape index (κ2) is 8.65. The average molecular weight is 482 g/mol. The van der Waals surface area contributed by atoms with Crippen molar-refractivity contribution in [3.05, 3.63) is 87.2 Å². The van der Waals surface area contributed by atoms with E-state index < -0.39 is 0 Å². The van der Waals surface area contributed by atoms with Gasteiger partial charge in [-0.3, -0.25) is 4.79 Å². The van der Waals surface area contributed by atoms with Crippen LogP contribution in [-0.4, -0.2) is 37.4 Å². The molecule has 0 radical (unpaired) electrons. The number of hydrogen-bond acceptors (Lipinski definition) is 5. The van der Waals surface area contributed by atoms with Gasteiger partial charge in [0.15, 0.2) is 5.78 Å². The van der Waals surface area contributed by atoms with Crippen LogP contribution in [0, 0.1) is 6.92 Å². The maximum atomic E-state index is 13.1. The summed E-state index contributed by atoms with van der Waals surface area (Å²) in [4.78, 5) is 17.3. The van der Waals surface area contributed by atoms with Crippen molar-refractivity contribution in [2.45, 2.75) is 32.2 Å². The standard InChI is InChI=1S/C24H21Cl2N5O2/c1-14-12-30(13-27-14)22-6-4-16(10-24(22)33-2)23(32)11-19-21-8-7-20(31(21)29-28-19)15-3-5-17(25)18(26)9-15/h3-6,9-10,12-13,20H,7-8,11H2,1-2H3. The zero-order valence-electron chi connectivity index (χ0n) is 18.1. The van der Waals surface area contributed by atoms with Gasteiger partial charge in [0.25, 0.3) is 0 Å². The Morgan fingerprint density at radius 2 is 2.03 bits per heavy atom. The molecule has 1 aliphatic rings. The van der Waals surface area contributed by atoms with Crippen LogP contribution < -0.4 is 4.74 Å². The van der Waals surface area contributed by atoms with E-state index in [1.165, 1.54) is 0 Å². The number of fused-ring (bicyclic) bond motifs is 1. The molecule has 0 amide bonds. The van der Waals surface area contributed by atoms with E-state index in [2.05, 4.69) is 15.3 Å². The second-order valence-corrected chi connectivity index (χ2v) is 8.88. The molecule has 0 saturated heterocycles. The van der Waals surface area contributed by atoms with Crippen molar-refractivity contribution >= 4 is 29.0 Å². The van der Waals surface area contributed by atoms with Crippen molar-refractivity contribution in [2.24, 2.45) is 0 Å². The third-order valence-corrected chi connectivity index (χ3v) is 6.71. The fraction of sp³-hybridized carbons (Fsp3) is 0.250. The van der Waals surface area contributed by atoms with E-state index in [4.69, 9.17) is 27.9 Å². The minimum atomic E-state index is -0.0389. The number of aromatic nitrogens is 5. The van der Waals surface area contributed by atoms with E-state index in [1.54, 1.807) is 31.6 Å². The summed E-state index contributed by atoms with van der Waals surface area (Å²) in [5, 5.41) is 9.70. The van der Waals surface area contributed by atoms with Crippen LogP contribution in [0.2, 0.25) is 10.0 Å². The van der Waals surface area contributed by atoms with Gasteiger partial charge in [0, 0.05) is 11.8 Å². The Hall–Kier alpha value is -3.16. The summed E-state index contributed by atoms with van der Waals surface area (Å²) < 4.78 is 9.31. The number of hydrogen-bond donors (Lipinski definition) is 0. The molecule has 0 N–H and O–H groups in total. The predicted molar refractivity (Wildman–Crippen MR) is 126 cm³/mol. The molecule has 1 unspecified atom stereocenters. The molecule has 5 rings (SSSR count). The lowest BCUT2D eigenvalue weighted by Crippen LogP contribution is -2.08. The van der Waals surface area contributed by atoms with Crippen LogP contribution in [0.25, 0.3) is 5.69 Å². The summed E-state index contributed by atoms with van der Waals surface area (Å²) in [6, 6.07) is 11.1. The van der Waals surface area contributed by atoms with Gasteiger partial charge in [-0.05, 0) is 55.7 Å². The molecular formula is C24H21Cl2N5O2. The molecule has 1 atom stereocenters. The topological polar surface area (TPSA) is 74.8 Å². The minimum Gasteiger partial charge on any atom is -0.495 e. The van der Waals surface area contributed by atoms with Crippen LogP contribution in [0.3, 0.4) is 0 Å². The van der Waals surface area contributed by atoms with Crippen molar-refractivity contribution in [1.29, 1.82) is 0 Å². The average Bonchev–Trinajstić information content (AvgIpc) is 3.53. The van der Waals surface area contributed by atoms with Crippen molar-refractivity contribution < 1.29 is 9.53 Å². The number of nitrogens with zero attached hydrogens (tertiary/aromatic N) is 5. The largest absolute Gasteiger partial charge is 0.495 e. The number of ether oxygens (including phenoxy) is 1. The van der Waals surface area contributed by atoms with Crippen molar-refractivity contribution in [3.63, 3.8) is 0 Å². The van der Waals surface area contributed by atoms with Crippen LogP contribution in [0.1, 0.15) is 45.5 Å². The molecule has 9 heteroatoms. The third kappa shape index (κ3) is 4.03. The number of imidazole rings is 1. The minimum absolute atomic E-state index is 0.0316. The summed E-state index contributed by atoms with van der Waals surface area (Å²) in [6.07, 6.45) is 5.47. The highest BCUT2D eigenvalue weighted by Gasteiger charge is 2.29. The van der Waals surface area contributed by atoms with Gasteiger partial charge in [0.05, 0.1) is 58.7 Å². The molecule has 7 nitrogen and oxygen atoms in total. The number of carbonyl (C=O) groups excluding carboxylic acids is 1. The number of methoxy groups -OCH3 is 1. The first-order valence-corrected chi connectivity index (χ1v) is 11.3. The fourth-order valence-corrected chi connectivity index (χ4v) is 4.59. The molecule has 0 spiro atoms. The van der Waals surface area contributed by atoms with Crippen molar-refractivity contribution in [3.8, 4) is 11.4 Å². The molecule has 0 bridgehead atoms. The van der Waals surface area contributed by atoms with E-state index in [9.17, 15) is 4.79 Å². The highest BCUT2D eigenvalue weighted by Crippen LogP contribution is 2.35. The number of rotatable bonds is 6. The molecule has 168 valence electrons. The van der Waals surface area contributed by atoms with E-state index >= 15 is 0 Å². The van der Waals surface area contributed by atoms with Gasteiger partial charge < -0.3 is 9.30 Å². The third-order valence-electron chi connectivity index (χ3n) is 5.97. The second-order valence-electron chi connectivity index (χ2n) is 8.06. The fourth-order valence-electron chi connectivity index (χ4n) is 4.29. The van der Waals surface area contributed by atoms with Crippen molar-refractivity contribution in [2.75, 3.05) is 7.11 Å². The number of ketones is 1. The molecular weight excluding hydrogens is 461 g/mol. The van der Waals surface area contributed by atoms with E-state index in [1.807, 2.05) is 40.6 Å². The highest BCUT2D eigenvalue weighted by atomic mass is 35.5. The van der Waals surface area contributed by atoms with Gasteiger partial charge in [-0.1, -0.05) is 34.5 Å². The van der Waals surface area contributed by atoms with Crippen LogP contribution in [-0.2, 0) is 12.8 Å². The zero-order chi connectivity index (χ0) is 23.1. The lowest BCUT2D eigenvalue weighted by Gasteiger charge is -2.12. The first-order valence-electron chi connectivity index (χ1n) is 10.5. The zero-order valence-corrected chi connectivity index (χ0v) is 19.6. The molecule has 1 aliphatic heterocycles. The van der Waals surface area contributed by atoms with Crippen LogP contribution in [0.5, 0.6) is 5.75 Å². The summed E-state index contributed by atoms with van der Waals surface area (Å²) in [7, 11) is 1.59. The Labute approximate surface area is 200 Å². The Kier molecular flexibility index (Phi) is 5.68. The van der Waals surface area contributed by atoms with Crippen LogP contribution in [0.15, 0.2) is 48.9 Å². The lowest BCUT2D eigenvalue weighted by molar-refractivity contribution is 0.0991. The number of halogens is 2. The number of aryl methyl sites for hydroxylation is 1. The highest BCUT2D eigenvalue weighted by molar-refractivity contribution is 6.42. The van der Waals surface area contributed by atoms with Gasteiger partial charge in [-0.2, -0.15) is 0 Å². The molecule has 33 heavy (non-hydrogen) atoms. The van der Waals surface area contributed by atoms with E-state index in [-0.39, 0.29) is 18.2 Å². The summed E-state index contributed by atoms with van der Waals surface area (Å²) in [5.41, 5.74) is 5.00. The number of benzene rings is 2. The molecule has 2 aromatic heterocycles. The van der Waals surface area contributed by atoms with Crippen molar-refractivity contribution in [1.82, 2.24) is 24.5 Å². The Bertz CT molecular complexity index is 1360. The first-order chi connectivity index (χ1) is 15.9. The monoisotopic (exact) mass is 481 g/mol. The van der Waals surface area contributed by atoms with Gasteiger partial charge in [-0.15, -0.1) is 5.10 Å². The van der Waals surface area contributed by atoms with Gasteiger partial charge in [0.1, 0.15) is 5.75 Å². The molecule has 3 heterocycles. The quantitative estimate of drug-likeness (QED) is 0.360. The Balaban J connectivity index is 1.38. The van der Waals surface area contributed by atoms with Gasteiger partial charge in [0.2, 0.25) is 0 Å². The first kappa shape index (κ1) is 21.7. The summed E-state index contributed by atoms with van der Waals surface area (Å²) in [6.45, 7) is 1.92. The van der Waals surface area contributed by atoms with Gasteiger partial charge in [-0.25, -0.2) is 9.67 Å². The van der Waals surface area contributed by atoms with Gasteiger partial charge >= 0.3 is 0 Å². The molecule has 2 aromatic carbocycles. The maximum absolute atomic E-state index is 13.1. The lowest BCUT2D eigenvalue weighted by atomic mass is 10.0. The van der Waals surface area contributed by atoms with E-state index in [0.29, 0.717) is 27.1 Å². The number of Topliss-reactive ketones (excluding diaryl/α,β-unsaturated/α-hetero) is 1. The number of carbonyl (C=O) groups is 1. The Morgan fingerprint density at radius 3 is 2.76 bits per heavy atom. The summed E-state index contributed by atoms with van der Waals surface area (Å²) >= 11 is 12.3. The molecule has 0 fully saturated rings. The Morgan fingerprint density at radius 1 is 1.18 bits per heavy atom. The molecule has 4 aromatic rings. The maximum Gasteiger partial charge on any atom is 0.169 e. The normalized spacial score (nSPS) is 15.0.